The minimum Gasteiger partial charge on any atom is -0.454 e. The fraction of sp³-hybridized carbons (Fsp3) is 0.364. The first kappa shape index (κ1) is 19.3. The maximum atomic E-state index is 12.7. The molecule has 0 spiro atoms. The van der Waals surface area contributed by atoms with Crippen molar-refractivity contribution in [2.75, 3.05) is 46.1 Å². The van der Waals surface area contributed by atoms with Crippen molar-refractivity contribution in [3.8, 4) is 11.5 Å². The van der Waals surface area contributed by atoms with E-state index in [4.69, 9.17) is 9.47 Å². The number of carbonyl (C=O) groups is 2. The lowest BCUT2D eigenvalue weighted by atomic mass is 10.1. The minimum absolute atomic E-state index is 0.0962. The first-order valence-corrected chi connectivity index (χ1v) is 9.87. The number of fused-ring (bicyclic) bond motifs is 1. The fourth-order valence-electron chi connectivity index (χ4n) is 3.63. The summed E-state index contributed by atoms with van der Waals surface area (Å²) in [5.74, 6) is 1.24. The number of hydrogen-bond acceptors (Lipinski definition) is 5. The van der Waals surface area contributed by atoms with Gasteiger partial charge >= 0.3 is 0 Å². The maximum absolute atomic E-state index is 12.7. The molecular formula is C22H25N3O4. The first-order chi connectivity index (χ1) is 14.1. The zero-order chi connectivity index (χ0) is 20.2. The highest BCUT2D eigenvalue weighted by Crippen LogP contribution is 2.32. The van der Waals surface area contributed by atoms with E-state index in [1.54, 1.807) is 18.2 Å². The van der Waals surface area contributed by atoms with Crippen molar-refractivity contribution >= 4 is 11.8 Å². The quantitative estimate of drug-likeness (QED) is 0.838. The zero-order valence-electron chi connectivity index (χ0n) is 16.5. The van der Waals surface area contributed by atoms with Crippen LogP contribution < -0.4 is 14.8 Å². The van der Waals surface area contributed by atoms with Crippen LogP contribution in [0, 0.1) is 6.92 Å². The van der Waals surface area contributed by atoms with Crippen molar-refractivity contribution in [1.82, 2.24) is 15.1 Å². The number of ether oxygens (including phenoxy) is 2. The third-order valence-corrected chi connectivity index (χ3v) is 5.38. The van der Waals surface area contributed by atoms with E-state index in [9.17, 15) is 9.59 Å². The van der Waals surface area contributed by atoms with Gasteiger partial charge in [-0.05, 0) is 36.8 Å². The molecule has 4 rings (SSSR count). The van der Waals surface area contributed by atoms with Gasteiger partial charge in [0.25, 0.3) is 11.8 Å². The molecule has 0 saturated carbocycles. The van der Waals surface area contributed by atoms with Gasteiger partial charge in [0.05, 0.1) is 0 Å². The van der Waals surface area contributed by atoms with E-state index in [0.29, 0.717) is 36.7 Å². The van der Waals surface area contributed by atoms with Crippen molar-refractivity contribution in [1.29, 1.82) is 0 Å². The molecule has 1 saturated heterocycles. The van der Waals surface area contributed by atoms with Crippen molar-refractivity contribution < 1.29 is 19.1 Å². The monoisotopic (exact) mass is 395 g/mol. The average Bonchev–Trinajstić information content (AvgIpc) is 3.22. The van der Waals surface area contributed by atoms with Gasteiger partial charge in [-0.2, -0.15) is 0 Å². The molecule has 0 radical (unpaired) electrons. The van der Waals surface area contributed by atoms with Gasteiger partial charge in [-0.3, -0.25) is 14.5 Å². The largest absolute Gasteiger partial charge is 0.454 e. The summed E-state index contributed by atoms with van der Waals surface area (Å²) >= 11 is 0. The summed E-state index contributed by atoms with van der Waals surface area (Å²) in [5.41, 5.74) is 2.34. The molecule has 0 atom stereocenters. The molecule has 2 aromatic carbocycles. The number of rotatable bonds is 5. The molecule has 2 heterocycles. The van der Waals surface area contributed by atoms with Crippen LogP contribution in [-0.4, -0.2) is 67.7 Å². The van der Waals surface area contributed by atoms with Gasteiger partial charge in [0, 0.05) is 50.4 Å². The molecule has 0 aliphatic carbocycles. The van der Waals surface area contributed by atoms with Crippen LogP contribution in [0.15, 0.2) is 42.5 Å². The molecule has 2 amide bonds. The molecule has 1 N–H and O–H groups in total. The molecule has 29 heavy (non-hydrogen) atoms. The van der Waals surface area contributed by atoms with Gasteiger partial charge in [0.1, 0.15) is 0 Å². The summed E-state index contributed by atoms with van der Waals surface area (Å²) in [4.78, 5) is 29.2. The van der Waals surface area contributed by atoms with Crippen LogP contribution in [0.1, 0.15) is 26.3 Å². The first-order valence-electron chi connectivity index (χ1n) is 9.87. The average molecular weight is 395 g/mol. The SMILES string of the molecule is Cc1ccccc1C(=O)N1CCN(CCNC(=O)c2ccc3c(c2)OCO3)CC1. The van der Waals surface area contributed by atoms with Gasteiger partial charge in [-0.15, -0.1) is 0 Å². The number of aryl methyl sites for hydroxylation is 1. The van der Waals surface area contributed by atoms with Gasteiger partial charge in [-0.1, -0.05) is 18.2 Å². The number of nitrogens with one attached hydrogen (secondary N) is 1. The lowest BCUT2D eigenvalue weighted by Crippen LogP contribution is -2.50. The predicted molar refractivity (Wildman–Crippen MR) is 108 cm³/mol. The Morgan fingerprint density at radius 1 is 1.00 bits per heavy atom. The second-order valence-electron chi connectivity index (χ2n) is 7.27. The second-order valence-corrected chi connectivity index (χ2v) is 7.27. The van der Waals surface area contributed by atoms with Crippen LogP contribution >= 0.6 is 0 Å². The summed E-state index contributed by atoms with van der Waals surface area (Å²) in [6.45, 7) is 6.47. The molecule has 0 bridgehead atoms. The highest BCUT2D eigenvalue weighted by molar-refractivity contribution is 5.96. The zero-order valence-corrected chi connectivity index (χ0v) is 16.5. The molecule has 1 fully saturated rings. The Bertz CT molecular complexity index is 907. The topological polar surface area (TPSA) is 71.1 Å². The van der Waals surface area contributed by atoms with E-state index < -0.39 is 0 Å². The summed E-state index contributed by atoms with van der Waals surface area (Å²) in [7, 11) is 0. The van der Waals surface area contributed by atoms with Crippen LogP contribution in [-0.2, 0) is 0 Å². The predicted octanol–water partition coefficient (Wildman–Crippen LogP) is 1.91. The smallest absolute Gasteiger partial charge is 0.254 e. The maximum Gasteiger partial charge on any atom is 0.254 e. The Morgan fingerprint density at radius 2 is 1.76 bits per heavy atom. The number of nitrogens with zero attached hydrogens (tertiary/aromatic N) is 2. The van der Waals surface area contributed by atoms with E-state index in [1.165, 1.54) is 0 Å². The molecule has 2 aliphatic heterocycles. The third kappa shape index (κ3) is 4.35. The number of hydrogen-bond donors (Lipinski definition) is 1. The van der Waals surface area contributed by atoms with Crippen LogP contribution in [0.25, 0.3) is 0 Å². The van der Waals surface area contributed by atoms with Crippen molar-refractivity contribution in [3.63, 3.8) is 0 Å². The number of carbonyl (C=O) groups excluding carboxylic acids is 2. The summed E-state index contributed by atoms with van der Waals surface area (Å²) in [6, 6.07) is 12.9. The third-order valence-electron chi connectivity index (χ3n) is 5.38. The minimum atomic E-state index is -0.128. The summed E-state index contributed by atoms with van der Waals surface area (Å²) < 4.78 is 10.6. The molecule has 152 valence electrons. The summed E-state index contributed by atoms with van der Waals surface area (Å²) in [6.07, 6.45) is 0. The van der Waals surface area contributed by atoms with Crippen molar-refractivity contribution in [3.05, 3.63) is 59.2 Å². The Balaban J connectivity index is 1.22. The molecule has 2 aliphatic rings. The Hall–Kier alpha value is -3.06. The van der Waals surface area contributed by atoms with Crippen LogP contribution in [0.5, 0.6) is 11.5 Å². The van der Waals surface area contributed by atoms with E-state index >= 15 is 0 Å². The molecule has 7 heteroatoms. The molecule has 7 nitrogen and oxygen atoms in total. The number of amides is 2. The van der Waals surface area contributed by atoms with Crippen LogP contribution in [0.4, 0.5) is 0 Å². The number of benzene rings is 2. The van der Waals surface area contributed by atoms with E-state index in [1.807, 2.05) is 36.1 Å². The highest BCUT2D eigenvalue weighted by atomic mass is 16.7. The van der Waals surface area contributed by atoms with Gasteiger partial charge in [0.15, 0.2) is 11.5 Å². The fourth-order valence-corrected chi connectivity index (χ4v) is 3.63. The molecular weight excluding hydrogens is 370 g/mol. The van der Waals surface area contributed by atoms with Gasteiger partial charge < -0.3 is 19.7 Å². The highest BCUT2D eigenvalue weighted by Gasteiger charge is 2.23. The van der Waals surface area contributed by atoms with Crippen LogP contribution in [0.3, 0.4) is 0 Å². The standard InChI is InChI=1S/C22H25N3O4/c1-16-4-2-3-5-18(16)22(27)25-12-10-24(11-13-25)9-8-23-21(26)17-6-7-19-20(14-17)29-15-28-19/h2-7,14H,8-13,15H2,1H3,(H,23,26). The Morgan fingerprint density at radius 3 is 2.55 bits per heavy atom. The Labute approximate surface area is 170 Å². The molecule has 0 unspecified atom stereocenters. The molecule has 0 aromatic heterocycles. The van der Waals surface area contributed by atoms with Crippen LogP contribution in [0.2, 0.25) is 0 Å². The number of piperazine rings is 1. The van der Waals surface area contributed by atoms with Gasteiger partial charge in [-0.25, -0.2) is 0 Å². The molecule has 2 aromatic rings. The lowest BCUT2D eigenvalue weighted by Gasteiger charge is -2.35. The lowest BCUT2D eigenvalue weighted by molar-refractivity contribution is 0.0637. The van der Waals surface area contributed by atoms with Gasteiger partial charge in [0.2, 0.25) is 6.79 Å². The summed E-state index contributed by atoms with van der Waals surface area (Å²) in [5, 5.41) is 2.95. The van der Waals surface area contributed by atoms with E-state index in [-0.39, 0.29) is 18.6 Å². The Kier molecular flexibility index (Phi) is 5.67. The van der Waals surface area contributed by atoms with E-state index in [0.717, 1.165) is 30.8 Å². The second kappa shape index (κ2) is 8.53. The van der Waals surface area contributed by atoms with Crippen molar-refractivity contribution in [2.24, 2.45) is 0 Å². The van der Waals surface area contributed by atoms with Crippen molar-refractivity contribution in [2.45, 2.75) is 6.92 Å². The van der Waals surface area contributed by atoms with E-state index in [2.05, 4.69) is 10.2 Å². The normalized spacial score (nSPS) is 16.0.